The first-order valence-corrected chi connectivity index (χ1v) is 5.87. The molecule has 0 N–H and O–H groups in total. The van der Waals surface area contributed by atoms with Crippen LogP contribution in [0.5, 0.6) is 0 Å². The van der Waals surface area contributed by atoms with E-state index in [9.17, 15) is 0 Å². The van der Waals surface area contributed by atoms with E-state index in [0.29, 0.717) is 6.10 Å². The highest BCUT2D eigenvalue weighted by Gasteiger charge is 2.05. The van der Waals surface area contributed by atoms with Crippen LogP contribution in [0.4, 0.5) is 0 Å². The second-order valence-corrected chi connectivity index (χ2v) is 3.85. The Balaban J connectivity index is 3.25. The fraction of sp³-hybridized carbons (Fsp3) is 1.00. The predicted octanol–water partition coefficient (Wildman–Crippen LogP) is 4.16. The molecule has 0 radical (unpaired) electrons. The second-order valence-electron chi connectivity index (χ2n) is 3.85. The van der Waals surface area contributed by atoms with Gasteiger partial charge in [0.15, 0.2) is 0 Å². The zero-order valence-electron chi connectivity index (χ0n) is 9.64. The summed E-state index contributed by atoms with van der Waals surface area (Å²) in [5, 5.41) is 0. The van der Waals surface area contributed by atoms with E-state index in [2.05, 4.69) is 13.8 Å². The third kappa shape index (κ3) is 8.29. The van der Waals surface area contributed by atoms with E-state index in [1.165, 1.54) is 51.4 Å². The van der Waals surface area contributed by atoms with Gasteiger partial charge in [-0.25, -0.2) is 0 Å². The third-order valence-electron chi connectivity index (χ3n) is 2.59. The second kappa shape index (κ2) is 10.0. The van der Waals surface area contributed by atoms with Gasteiger partial charge in [-0.15, -0.1) is 0 Å². The van der Waals surface area contributed by atoms with E-state index >= 15 is 0 Å². The van der Waals surface area contributed by atoms with Crippen molar-refractivity contribution in [2.75, 3.05) is 7.11 Å². The van der Waals surface area contributed by atoms with Gasteiger partial charge in [-0.1, -0.05) is 52.4 Å². The van der Waals surface area contributed by atoms with Crippen molar-refractivity contribution in [3.63, 3.8) is 0 Å². The molecule has 0 aromatic carbocycles. The highest BCUT2D eigenvalue weighted by Crippen LogP contribution is 2.12. The maximum Gasteiger partial charge on any atom is 0.0571 e. The summed E-state index contributed by atoms with van der Waals surface area (Å²) in [5.41, 5.74) is 0. The lowest BCUT2D eigenvalue weighted by atomic mass is 10.0. The minimum absolute atomic E-state index is 0.525. The van der Waals surface area contributed by atoms with Crippen molar-refractivity contribution >= 4 is 0 Å². The first kappa shape index (κ1) is 13.0. The Bertz CT molecular complexity index is 91.1. The smallest absolute Gasteiger partial charge is 0.0571 e. The van der Waals surface area contributed by atoms with Crippen molar-refractivity contribution in [3.05, 3.63) is 0 Å². The Morgan fingerprint density at radius 1 is 0.846 bits per heavy atom. The summed E-state index contributed by atoms with van der Waals surface area (Å²) >= 11 is 0. The zero-order valence-corrected chi connectivity index (χ0v) is 9.64. The molecule has 1 heteroatoms. The zero-order chi connectivity index (χ0) is 9.94. The van der Waals surface area contributed by atoms with Crippen LogP contribution in [0.15, 0.2) is 0 Å². The Hall–Kier alpha value is -0.0400. The van der Waals surface area contributed by atoms with Gasteiger partial charge in [0.25, 0.3) is 0 Å². The van der Waals surface area contributed by atoms with Crippen LogP contribution in [-0.2, 0) is 4.74 Å². The monoisotopic (exact) mass is 186 g/mol. The molecule has 0 aromatic rings. The molecule has 0 aliphatic heterocycles. The summed E-state index contributed by atoms with van der Waals surface area (Å²) in [6, 6.07) is 0. The van der Waals surface area contributed by atoms with Crippen molar-refractivity contribution in [2.45, 2.75) is 71.3 Å². The third-order valence-corrected chi connectivity index (χ3v) is 2.59. The van der Waals surface area contributed by atoms with Gasteiger partial charge < -0.3 is 4.74 Å². The van der Waals surface area contributed by atoms with Gasteiger partial charge in [0.2, 0.25) is 0 Å². The summed E-state index contributed by atoms with van der Waals surface area (Å²) in [5.74, 6) is 0. The summed E-state index contributed by atoms with van der Waals surface area (Å²) in [6.45, 7) is 4.49. The molecule has 0 amide bonds. The molecule has 0 unspecified atom stereocenters. The maximum absolute atomic E-state index is 5.43. The average molecular weight is 186 g/mol. The van der Waals surface area contributed by atoms with Crippen LogP contribution < -0.4 is 0 Å². The molecule has 0 heterocycles. The van der Waals surface area contributed by atoms with Crippen LogP contribution >= 0.6 is 0 Å². The predicted molar refractivity (Wildman–Crippen MR) is 59.1 cm³/mol. The average Bonchev–Trinajstić information content (AvgIpc) is 2.17. The Labute approximate surface area is 83.9 Å². The van der Waals surface area contributed by atoms with Crippen molar-refractivity contribution < 1.29 is 4.74 Å². The number of unbranched alkanes of at least 4 members (excludes halogenated alkanes) is 4. The van der Waals surface area contributed by atoms with E-state index in [1.807, 2.05) is 7.11 Å². The van der Waals surface area contributed by atoms with Crippen LogP contribution in [0.2, 0.25) is 0 Å². The lowest BCUT2D eigenvalue weighted by molar-refractivity contribution is 0.0837. The van der Waals surface area contributed by atoms with Gasteiger partial charge in [-0.05, 0) is 12.8 Å². The largest absolute Gasteiger partial charge is 0.381 e. The molecule has 0 aliphatic carbocycles. The molecule has 0 fully saturated rings. The van der Waals surface area contributed by atoms with Crippen LogP contribution in [-0.4, -0.2) is 13.2 Å². The van der Waals surface area contributed by atoms with E-state index in [0.717, 1.165) is 0 Å². The molecule has 13 heavy (non-hydrogen) atoms. The standard InChI is InChI=1S/C12H26O/c1-4-6-8-9-11-12(13-3)10-7-5-2/h12H,4-11H2,1-3H3/t12-/m1/s1. The van der Waals surface area contributed by atoms with Gasteiger partial charge in [0.1, 0.15) is 0 Å². The molecule has 1 atom stereocenters. The number of ether oxygens (including phenoxy) is 1. The van der Waals surface area contributed by atoms with Gasteiger partial charge in [-0.3, -0.25) is 0 Å². The minimum Gasteiger partial charge on any atom is -0.381 e. The van der Waals surface area contributed by atoms with Gasteiger partial charge >= 0.3 is 0 Å². The molecular weight excluding hydrogens is 160 g/mol. The molecule has 0 saturated carbocycles. The van der Waals surface area contributed by atoms with Crippen molar-refractivity contribution in [1.82, 2.24) is 0 Å². The van der Waals surface area contributed by atoms with Gasteiger partial charge in [0.05, 0.1) is 6.10 Å². The van der Waals surface area contributed by atoms with E-state index in [-0.39, 0.29) is 0 Å². The molecule has 0 aromatic heterocycles. The van der Waals surface area contributed by atoms with E-state index < -0.39 is 0 Å². The molecule has 0 rings (SSSR count). The Morgan fingerprint density at radius 3 is 2.00 bits per heavy atom. The molecular formula is C12H26O. The lowest BCUT2D eigenvalue weighted by Crippen LogP contribution is -2.09. The Morgan fingerprint density at radius 2 is 1.46 bits per heavy atom. The minimum atomic E-state index is 0.525. The van der Waals surface area contributed by atoms with Crippen LogP contribution in [0, 0.1) is 0 Å². The van der Waals surface area contributed by atoms with Gasteiger partial charge in [-0.2, -0.15) is 0 Å². The number of hydrogen-bond acceptors (Lipinski definition) is 1. The fourth-order valence-corrected chi connectivity index (χ4v) is 1.61. The summed E-state index contributed by atoms with van der Waals surface area (Å²) in [6.07, 6.45) is 11.1. The molecule has 0 spiro atoms. The van der Waals surface area contributed by atoms with Crippen molar-refractivity contribution in [2.24, 2.45) is 0 Å². The summed E-state index contributed by atoms with van der Waals surface area (Å²) in [4.78, 5) is 0. The fourth-order valence-electron chi connectivity index (χ4n) is 1.61. The van der Waals surface area contributed by atoms with Crippen molar-refractivity contribution in [1.29, 1.82) is 0 Å². The molecule has 0 aliphatic rings. The number of hydrogen-bond donors (Lipinski definition) is 0. The van der Waals surface area contributed by atoms with E-state index in [1.54, 1.807) is 0 Å². The topological polar surface area (TPSA) is 9.23 Å². The summed E-state index contributed by atoms with van der Waals surface area (Å²) < 4.78 is 5.43. The lowest BCUT2D eigenvalue weighted by Gasteiger charge is -2.14. The molecule has 1 nitrogen and oxygen atoms in total. The van der Waals surface area contributed by atoms with Crippen LogP contribution in [0.1, 0.15) is 65.2 Å². The van der Waals surface area contributed by atoms with E-state index in [4.69, 9.17) is 4.74 Å². The first-order valence-electron chi connectivity index (χ1n) is 5.87. The van der Waals surface area contributed by atoms with Crippen LogP contribution in [0.25, 0.3) is 0 Å². The number of methoxy groups -OCH3 is 1. The normalized spacial score (nSPS) is 13.2. The molecule has 0 bridgehead atoms. The first-order chi connectivity index (χ1) is 6.35. The van der Waals surface area contributed by atoms with Crippen molar-refractivity contribution in [3.8, 4) is 0 Å². The highest BCUT2D eigenvalue weighted by atomic mass is 16.5. The molecule has 80 valence electrons. The number of rotatable bonds is 9. The molecule has 0 saturated heterocycles. The maximum atomic E-state index is 5.43. The van der Waals surface area contributed by atoms with Gasteiger partial charge in [0, 0.05) is 7.11 Å². The SMILES string of the molecule is CCCCCC[C@@H](CCCC)OC. The Kier molecular flexibility index (Phi) is 10.0. The summed E-state index contributed by atoms with van der Waals surface area (Å²) in [7, 11) is 1.85. The van der Waals surface area contributed by atoms with Crippen LogP contribution in [0.3, 0.4) is 0 Å². The highest BCUT2D eigenvalue weighted by molar-refractivity contribution is 4.57. The quantitative estimate of drug-likeness (QED) is 0.491.